The van der Waals surface area contributed by atoms with Crippen molar-refractivity contribution in [3.8, 4) is 0 Å². The predicted molar refractivity (Wildman–Crippen MR) is 65.5 cm³/mol. The van der Waals surface area contributed by atoms with E-state index in [-0.39, 0.29) is 0 Å². The van der Waals surface area contributed by atoms with Crippen molar-refractivity contribution in [2.24, 2.45) is 11.5 Å². The molecule has 4 N–H and O–H groups in total. The fraction of sp³-hybridized carbons (Fsp3) is 0. The van der Waals surface area contributed by atoms with Gasteiger partial charge in [-0.25, -0.2) is 0 Å². The molecule has 0 aromatic carbocycles. The normalized spacial score (nSPS) is 8.89. The lowest BCUT2D eigenvalue weighted by molar-refractivity contribution is 0.0987. The second-order valence-corrected chi connectivity index (χ2v) is 3.16. The Labute approximate surface area is 104 Å². The largest absolute Gasteiger partial charge is 0.364 e. The highest BCUT2D eigenvalue weighted by Gasteiger charge is 1.96. The highest BCUT2D eigenvalue weighted by atomic mass is 16.1. The van der Waals surface area contributed by atoms with Crippen molar-refractivity contribution in [3.05, 3.63) is 60.2 Å². The van der Waals surface area contributed by atoms with Gasteiger partial charge in [-0.05, 0) is 24.3 Å². The molecule has 0 unspecified atom stereocenters. The first-order valence-corrected chi connectivity index (χ1v) is 5.03. The summed E-state index contributed by atoms with van der Waals surface area (Å²) in [6.45, 7) is 0. The molecule has 0 bridgehead atoms. The standard InChI is InChI=1S/2C6H6N2O/c2*7-6(9)5-3-1-2-4-8-5/h2*1-4H,(H2,7,9). The van der Waals surface area contributed by atoms with Crippen molar-refractivity contribution in [1.82, 2.24) is 9.97 Å². The van der Waals surface area contributed by atoms with Crippen molar-refractivity contribution in [2.45, 2.75) is 0 Å². The van der Waals surface area contributed by atoms with Gasteiger partial charge in [0.1, 0.15) is 11.4 Å². The zero-order valence-corrected chi connectivity index (χ0v) is 9.48. The third kappa shape index (κ3) is 4.40. The second kappa shape index (κ2) is 6.74. The average Bonchev–Trinajstić information content (AvgIpc) is 2.41. The van der Waals surface area contributed by atoms with Crippen LogP contribution in [-0.4, -0.2) is 21.8 Å². The van der Waals surface area contributed by atoms with Crippen molar-refractivity contribution in [3.63, 3.8) is 0 Å². The first-order chi connectivity index (χ1) is 8.61. The van der Waals surface area contributed by atoms with E-state index < -0.39 is 11.8 Å². The second-order valence-electron chi connectivity index (χ2n) is 3.16. The average molecular weight is 244 g/mol. The maximum atomic E-state index is 10.4. The van der Waals surface area contributed by atoms with Crippen LogP contribution >= 0.6 is 0 Å². The quantitative estimate of drug-likeness (QED) is 0.794. The Bertz CT molecular complexity index is 465. The molecule has 2 amide bonds. The van der Waals surface area contributed by atoms with Gasteiger partial charge in [-0.3, -0.25) is 19.6 Å². The summed E-state index contributed by atoms with van der Waals surface area (Å²) in [5, 5.41) is 0. The van der Waals surface area contributed by atoms with Gasteiger partial charge in [0.15, 0.2) is 0 Å². The van der Waals surface area contributed by atoms with E-state index in [0.717, 1.165) is 0 Å². The number of nitrogens with zero attached hydrogens (tertiary/aromatic N) is 2. The molecule has 0 saturated carbocycles. The van der Waals surface area contributed by atoms with Crippen LogP contribution < -0.4 is 11.5 Å². The van der Waals surface area contributed by atoms with Gasteiger partial charge in [-0.15, -0.1) is 0 Å². The van der Waals surface area contributed by atoms with Crippen molar-refractivity contribution >= 4 is 11.8 Å². The number of carbonyl (C=O) groups excluding carboxylic acids is 2. The van der Waals surface area contributed by atoms with Gasteiger partial charge < -0.3 is 11.5 Å². The molecule has 2 aromatic heterocycles. The van der Waals surface area contributed by atoms with Gasteiger partial charge in [0.05, 0.1) is 0 Å². The van der Waals surface area contributed by atoms with Crippen LogP contribution in [0.25, 0.3) is 0 Å². The summed E-state index contributed by atoms with van der Waals surface area (Å²) in [5.41, 5.74) is 10.4. The highest BCUT2D eigenvalue weighted by molar-refractivity contribution is 5.90. The van der Waals surface area contributed by atoms with Crippen LogP contribution in [0.15, 0.2) is 48.8 Å². The van der Waals surface area contributed by atoms with E-state index in [2.05, 4.69) is 9.97 Å². The number of amides is 2. The molecule has 2 aromatic rings. The fourth-order valence-corrected chi connectivity index (χ4v) is 1.02. The van der Waals surface area contributed by atoms with Crippen LogP contribution in [0.4, 0.5) is 0 Å². The zero-order chi connectivity index (χ0) is 13.4. The lowest BCUT2D eigenvalue weighted by atomic mass is 10.3. The molecule has 0 spiro atoms. The molecule has 0 aliphatic rings. The van der Waals surface area contributed by atoms with E-state index in [9.17, 15) is 9.59 Å². The molecule has 0 radical (unpaired) electrons. The third-order valence-electron chi connectivity index (χ3n) is 1.83. The minimum Gasteiger partial charge on any atom is -0.364 e. The molecule has 0 aliphatic carbocycles. The number of aromatic nitrogens is 2. The Kier molecular flexibility index (Phi) is 4.98. The number of hydrogen-bond acceptors (Lipinski definition) is 4. The number of primary amides is 2. The maximum absolute atomic E-state index is 10.4. The summed E-state index contributed by atoms with van der Waals surface area (Å²) in [6.07, 6.45) is 3.06. The van der Waals surface area contributed by atoms with Crippen LogP contribution in [0, 0.1) is 0 Å². The topological polar surface area (TPSA) is 112 Å². The van der Waals surface area contributed by atoms with E-state index in [0.29, 0.717) is 11.4 Å². The number of carbonyl (C=O) groups is 2. The summed E-state index contributed by atoms with van der Waals surface area (Å²) in [5.74, 6) is -0.980. The molecule has 18 heavy (non-hydrogen) atoms. The number of nitrogens with two attached hydrogens (primary N) is 2. The molecule has 0 aliphatic heterocycles. The van der Waals surface area contributed by atoms with Crippen LogP contribution in [-0.2, 0) is 0 Å². The lowest BCUT2D eigenvalue weighted by Crippen LogP contribution is -2.12. The zero-order valence-electron chi connectivity index (χ0n) is 9.48. The summed E-state index contributed by atoms with van der Waals surface area (Å²) in [6, 6.07) is 10.0. The molecular formula is C12H12N4O2. The first-order valence-electron chi connectivity index (χ1n) is 5.03. The first kappa shape index (κ1) is 13.3. The van der Waals surface area contributed by atoms with Crippen LogP contribution in [0.5, 0.6) is 0 Å². The SMILES string of the molecule is NC(=O)c1ccccn1.NC(=O)c1ccccn1. The Hall–Kier alpha value is -2.76. The smallest absolute Gasteiger partial charge is 0.267 e. The van der Waals surface area contributed by atoms with Gasteiger partial charge in [0.25, 0.3) is 11.8 Å². The molecule has 6 heteroatoms. The third-order valence-corrected chi connectivity index (χ3v) is 1.83. The Morgan fingerprint density at radius 2 is 1.17 bits per heavy atom. The molecular weight excluding hydrogens is 232 g/mol. The molecule has 0 fully saturated rings. The molecule has 0 saturated heterocycles. The fourth-order valence-electron chi connectivity index (χ4n) is 1.02. The minimum absolute atomic E-state index is 0.303. The van der Waals surface area contributed by atoms with Crippen molar-refractivity contribution < 1.29 is 9.59 Å². The number of hydrogen-bond donors (Lipinski definition) is 2. The van der Waals surface area contributed by atoms with E-state index in [1.54, 1.807) is 36.4 Å². The summed E-state index contributed by atoms with van der Waals surface area (Å²) < 4.78 is 0. The van der Waals surface area contributed by atoms with E-state index in [4.69, 9.17) is 11.5 Å². The molecule has 2 rings (SSSR count). The van der Waals surface area contributed by atoms with Gasteiger partial charge in [0.2, 0.25) is 0 Å². The summed E-state index contributed by atoms with van der Waals surface area (Å²) in [4.78, 5) is 28.1. The summed E-state index contributed by atoms with van der Waals surface area (Å²) in [7, 11) is 0. The van der Waals surface area contributed by atoms with Gasteiger partial charge in [-0.1, -0.05) is 12.1 Å². The molecule has 2 heterocycles. The van der Waals surface area contributed by atoms with Gasteiger partial charge in [-0.2, -0.15) is 0 Å². The van der Waals surface area contributed by atoms with Gasteiger partial charge >= 0.3 is 0 Å². The van der Waals surface area contributed by atoms with E-state index >= 15 is 0 Å². The van der Waals surface area contributed by atoms with Crippen molar-refractivity contribution in [2.75, 3.05) is 0 Å². The molecule has 6 nitrogen and oxygen atoms in total. The Morgan fingerprint density at radius 3 is 1.33 bits per heavy atom. The molecule has 0 atom stereocenters. The molecule has 92 valence electrons. The minimum atomic E-state index is -0.490. The highest BCUT2D eigenvalue weighted by Crippen LogP contribution is 1.89. The van der Waals surface area contributed by atoms with Crippen LogP contribution in [0.3, 0.4) is 0 Å². The van der Waals surface area contributed by atoms with E-state index in [1.165, 1.54) is 12.4 Å². The maximum Gasteiger partial charge on any atom is 0.267 e. The monoisotopic (exact) mass is 244 g/mol. The number of pyridine rings is 2. The van der Waals surface area contributed by atoms with Crippen molar-refractivity contribution in [1.29, 1.82) is 0 Å². The summed E-state index contributed by atoms with van der Waals surface area (Å²) >= 11 is 0. The lowest BCUT2D eigenvalue weighted by Gasteiger charge is -1.88. The van der Waals surface area contributed by atoms with Gasteiger partial charge in [0, 0.05) is 12.4 Å². The van der Waals surface area contributed by atoms with E-state index in [1.807, 2.05) is 0 Å². The predicted octanol–water partition coefficient (Wildman–Crippen LogP) is 0.361. The Balaban J connectivity index is 0.000000180. The van der Waals surface area contributed by atoms with Crippen LogP contribution in [0.1, 0.15) is 21.0 Å². The Morgan fingerprint density at radius 1 is 0.778 bits per heavy atom. The number of rotatable bonds is 2. The van der Waals surface area contributed by atoms with Crippen LogP contribution in [0.2, 0.25) is 0 Å².